The van der Waals surface area contributed by atoms with Crippen molar-refractivity contribution in [1.29, 1.82) is 0 Å². The molecule has 1 rings (SSSR count). The molecule has 1 aliphatic rings. The van der Waals surface area contributed by atoms with E-state index in [4.69, 9.17) is 15.6 Å². The second-order valence-corrected chi connectivity index (χ2v) is 4.54. The Hall–Kier alpha value is -1.83. The van der Waals surface area contributed by atoms with Crippen LogP contribution in [0.25, 0.3) is 0 Å². The Morgan fingerprint density at radius 2 is 2.16 bits per heavy atom. The Balaban J connectivity index is 2.35. The van der Waals surface area contributed by atoms with Gasteiger partial charge in [-0.2, -0.15) is 0 Å². The van der Waals surface area contributed by atoms with Crippen molar-refractivity contribution < 1.29 is 24.2 Å². The van der Waals surface area contributed by atoms with Crippen molar-refractivity contribution in [3.05, 3.63) is 0 Å². The van der Waals surface area contributed by atoms with Crippen LogP contribution in [0.5, 0.6) is 0 Å². The molecule has 1 heterocycles. The Kier molecular flexibility index (Phi) is 5.56. The minimum Gasteiger partial charge on any atom is -0.480 e. The monoisotopic (exact) mass is 273 g/mol. The number of carbonyl (C=O) groups is 3. The van der Waals surface area contributed by atoms with Gasteiger partial charge in [0.15, 0.2) is 0 Å². The number of hydrogen-bond donors (Lipinski definition) is 4. The molecule has 0 spiro atoms. The predicted octanol–water partition coefficient (Wildman–Crippen LogP) is -0.961. The van der Waals surface area contributed by atoms with Crippen LogP contribution in [0.3, 0.4) is 0 Å². The number of ether oxygens (including phenoxy) is 1. The van der Waals surface area contributed by atoms with E-state index in [0.29, 0.717) is 13.2 Å². The van der Waals surface area contributed by atoms with E-state index in [9.17, 15) is 14.4 Å². The van der Waals surface area contributed by atoms with E-state index < -0.39 is 30.4 Å². The van der Waals surface area contributed by atoms with Crippen LogP contribution in [-0.4, -0.2) is 48.3 Å². The average Bonchev–Trinajstić information content (AvgIpc) is 2.70. The van der Waals surface area contributed by atoms with E-state index in [-0.39, 0.29) is 12.0 Å². The maximum Gasteiger partial charge on any atom is 0.326 e. The molecule has 0 aliphatic carbocycles. The fraction of sp³-hybridized carbons (Fsp3) is 0.727. The first-order valence-electron chi connectivity index (χ1n) is 6.07. The number of amides is 3. The van der Waals surface area contributed by atoms with Gasteiger partial charge in [-0.1, -0.05) is 0 Å². The molecule has 0 aromatic carbocycles. The van der Waals surface area contributed by atoms with Gasteiger partial charge in [-0.25, -0.2) is 9.59 Å². The fourth-order valence-corrected chi connectivity index (χ4v) is 1.88. The molecule has 0 aromatic rings. The molecule has 108 valence electrons. The van der Waals surface area contributed by atoms with E-state index >= 15 is 0 Å². The van der Waals surface area contributed by atoms with Crippen molar-refractivity contribution in [3.8, 4) is 0 Å². The predicted molar refractivity (Wildman–Crippen MR) is 65.3 cm³/mol. The minimum absolute atomic E-state index is 0.0705. The highest BCUT2D eigenvalue weighted by Gasteiger charge is 2.26. The van der Waals surface area contributed by atoms with Crippen molar-refractivity contribution in [2.75, 3.05) is 13.2 Å². The quantitative estimate of drug-likeness (QED) is 0.495. The molecule has 0 bridgehead atoms. The molecule has 19 heavy (non-hydrogen) atoms. The molecular weight excluding hydrogens is 254 g/mol. The number of nitrogens with one attached hydrogen (secondary N) is 2. The second-order valence-electron chi connectivity index (χ2n) is 4.54. The van der Waals surface area contributed by atoms with Crippen LogP contribution in [0.2, 0.25) is 0 Å². The summed E-state index contributed by atoms with van der Waals surface area (Å²) in [4.78, 5) is 33.0. The third-order valence-corrected chi connectivity index (χ3v) is 3.07. The van der Waals surface area contributed by atoms with Crippen LogP contribution < -0.4 is 16.4 Å². The van der Waals surface area contributed by atoms with Gasteiger partial charge in [0.2, 0.25) is 5.91 Å². The fourth-order valence-electron chi connectivity index (χ4n) is 1.88. The summed E-state index contributed by atoms with van der Waals surface area (Å²) in [7, 11) is 0. The lowest BCUT2D eigenvalue weighted by Crippen LogP contribution is -2.48. The third kappa shape index (κ3) is 5.12. The minimum atomic E-state index is -1.31. The number of rotatable bonds is 6. The summed E-state index contributed by atoms with van der Waals surface area (Å²) in [6, 6.07) is -1.94. The Bertz CT molecular complexity index is 360. The molecule has 5 N–H and O–H groups in total. The number of hydrogen-bond acceptors (Lipinski definition) is 4. The molecular formula is C11H19N3O5. The third-order valence-electron chi connectivity index (χ3n) is 3.07. The maximum atomic E-state index is 11.5. The summed E-state index contributed by atoms with van der Waals surface area (Å²) < 4.78 is 5.34. The number of nitrogens with two attached hydrogens (primary N) is 1. The first-order valence-corrected chi connectivity index (χ1v) is 6.07. The van der Waals surface area contributed by atoms with Crippen molar-refractivity contribution >= 4 is 17.9 Å². The molecule has 3 atom stereocenters. The normalized spacial score (nSPS) is 23.6. The summed E-state index contributed by atoms with van der Waals surface area (Å²) in [5.41, 5.74) is 4.91. The van der Waals surface area contributed by atoms with Crippen molar-refractivity contribution in [2.45, 2.75) is 31.9 Å². The molecule has 0 radical (unpaired) electrons. The Morgan fingerprint density at radius 1 is 1.47 bits per heavy atom. The van der Waals surface area contributed by atoms with Crippen LogP contribution in [0.1, 0.15) is 19.8 Å². The average molecular weight is 273 g/mol. The van der Waals surface area contributed by atoms with Gasteiger partial charge < -0.3 is 26.2 Å². The van der Waals surface area contributed by atoms with Crippen LogP contribution in [0, 0.1) is 5.92 Å². The largest absolute Gasteiger partial charge is 0.480 e. The molecule has 3 amide bonds. The molecule has 8 heteroatoms. The molecule has 1 fully saturated rings. The number of carbonyl (C=O) groups excluding carboxylic acids is 2. The summed E-state index contributed by atoms with van der Waals surface area (Å²) in [6.07, 6.45) is 0.484. The summed E-state index contributed by atoms with van der Waals surface area (Å²) in [5.74, 6) is -1.87. The van der Waals surface area contributed by atoms with Crippen molar-refractivity contribution in [1.82, 2.24) is 10.6 Å². The SMILES string of the molecule is CC1OCCC1CNC(=O)N[C@@H](CC(N)=O)C(=O)O. The number of primary amides is 1. The highest BCUT2D eigenvalue weighted by molar-refractivity contribution is 5.87. The van der Waals surface area contributed by atoms with Gasteiger partial charge in [0.05, 0.1) is 12.5 Å². The lowest BCUT2D eigenvalue weighted by atomic mass is 10.0. The van der Waals surface area contributed by atoms with E-state index in [2.05, 4.69) is 10.6 Å². The molecule has 2 unspecified atom stereocenters. The number of urea groups is 1. The summed E-state index contributed by atoms with van der Waals surface area (Å²) in [5, 5.41) is 13.6. The van der Waals surface area contributed by atoms with Gasteiger partial charge in [-0.3, -0.25) is 4.79 Å². The summed E-state index contributed by atoms with van der Waals surface area (Å²) >= 11 is 0. The van der Waals surface area contributed by atoms with Gasteiger partial charge in [-0.15, -0.1) is 0 Å². The topological polar surface area (TPSA) is 131 Å². The first-order chi connectivity index (χ1) is 8.90. The van der Waals surface area contributed by atoms with E-state index in [0.717, 1.165) is 6.42 Å². The van der Waals surface area contributed by atoms with Gasteiger partial charge in [-0.05, 0) is 13.3 Å². The first kappa shape index (κ1) is 15.2. The standard InChI is InChI=1S/C11H19N3O5/c1-6-7(2-3-19-6)5-13-11(18)14-8(10(16)17)4-9(12)15/h6-8H,2-5H2,1H3,(H2,12,15)(H,16,17)(H2,13,14,18)/t6?,7?,8-/m0/s1. The van der Waals surface area contributed by atoms with Gasteiger partial charge in [0, 0.05) is 19.1 Å². The zero-order chi connectivity index (χ0) is 14.4. The van der Waals surface area contributed by atoms with Crippen molar-refractivity contribution in [2.24, 2.45) is 11.7 Å². The van der Waals surface area contributed by atoms with E-state index in [1.807, 2.05) is 6.92 Å². The molecule has 1 saturated heterocycles. The van der Waals surface area contributed by atoms with Crippen molar-refractivity contribution in [3.63, 3.8) is 0 Å². The van der Waals surface area contributed by atoms with Gasteiger partial charge in [0.25, 0.3) is 0 Å². The van der Waals surface area contributed by atoms with E-state index in [1.54, 1.807) is 0 Å². The number of carboxylic acid groups (broad SMARTS) is 1. The van der Waals surface area contributed by atoms with Crippen LogP contribution in [0.15, 0.2) is 0 Å². The molecule has 0 saturated carbocycles. The van der Waals surface area contributed by atoms with Crippen LogP contribution in [-0.2, 0) is 14.3 Å². The molecule has 0 aromatic heterocycles. The highest BCUT2D eigenvalue weighted by atomic mass is 16.5. The Morgan fingerprint density at radius 3 is 2.63 bits per heavy atom. The Labute approximate surface area is 110 Å². The van der Waals surface area contributed by atoms with E-state index in [1.165, 1.54) is 0 Å². The van der Waals surface area contributed by atoms with Crippen LogP contribution in [0.4, 0.5) is 4.79 Å². The van der Waals surface area contributed by atoms with Gasteiger partial charge >= 0.3 is 12.0 Å². The lowest BCUT2D eigenvalue weighted by molar-refractivity contribution is -0.140. The molecule has 1 aliphatic heterocycles. The maximum absolute atomic E-state index is 11.5. The number of aliphatic carboxylic acids is 1. The highest BCUT2D eigenvalue weighted by Crippen LogP contribution is 2.19. The smallest absolute Gasteiger partial charge is 0.326 e. The zero-order valence-electron chi connectivity index (χ0n) is 10.7. The summed E-state index contributed by atoms with van der Waals surface area (Å²) in [6.45, 7) is 2.98. The van der Waals surface area contributed by atoms with Gasteiger partial charge in [0.1, 0.15) is 6.04 Å². The number of carboxylic acids is 1. The molecule has 8 nitrogen and oxygen atoms in total. The van der Waals surface area contributed by atoms with Crippen LogP contribution >= 0.6 is 0 Å². The zero-order valence-corrected chi connectivity index (χ0v) is 10.7. The lowest BCUT2D eigenvalue weighted by Gasteiger charge is -2.17. The second kappa shape index (κ2) is 6.93.